The van der Waals surface area contributed by atoms with Gasteiger partial charge in [0.15, 0.2) is 13.2 Å². The van der Waals surface area contributed by atoms with Gasteiger partial charge in [0.25, 0.3) is 11.8 Å². The fraction of sp³-hybridized carbons (Fsp3) is 0.286. The number of aryl methyl sites for hydroxylation is 1. The molecule has 1 aliphatic heterocycles. The Morgan fingerprint density at radius 3 is 2.58 bits per heavy atom. The number of anilines is 2. The lowest BCUT2D eigenvalue weighted by atomic mass is 10.2. The second-order valence-corrected chi connectivity index (χ2v) is 8.23. The van der Waals surface area contributed by atoms with Crippen LogP contribution in [0, 0.1) is 0 Å². The summed E-state index contributed by atoms with van der Waals surface area (Å²) in [6.07, 6.45) is 1.52. The molecule has 1 heterocycles. The number of hydrogen-bond acceptors (Lipinski definition) is 6. The van der Waals surface area contributed by atoms with Gasteiger partial charge < -0.3 is 29.2 Å². The molecule has 0 aliphatic carbocycles. The molecular formula is C28H30N2O6. The summed E-state index contributed by atoms with van der Waals surface area (Å²) in [5.41, 5.74) is 2.31. The number of nitrogens with zero attached hydrogens (tertiary/aromatic N) is 1. The molecule has 3 aromatic rings. The van der Waals surface area contributed by atoms with Gasteiger partial charge in [-0.25, -0.2) is 0 Å². The van der Waals surface area contributed by atoms with E-state index in [1.54, 1.807) is 30.2 Å². The molecule has 3 aromatic carbocycles. The first-order chi connectivity index (χ1) is 17.6. The van der Waals surface area contributed by atoms with Gasteiger partial charge >= 0.3 is 0 Å². The Morgan fingerprint density at radius 2 is 1.81 bits per heavy atom. The summed E-state index contributed by atoms with van der Waals surface area (Å²) in [6.45, 7) is 2.82. The predicted molar refractivity (Wildman–Crippen MR) is 137 cm³/mol. The van der Waals surface area contributed by atoms with Gasteiger partial charge in [0.1, 0.15) is 23.0 Å². The van der Waals surface area contributed by atoms with Gasteiger partial charge in [-0.3, -0.25) is 9.59 Å². The average Bonchev–Trinajstić information content (AvgIpc) is 2.91. The highest BCUT2D eigenvalue weighted by Gasteiger charge is 2.25. The molecule has 36 heavy (non-hydrogen) atoms. The maximum Gasteiger partial charge on any atom is 0.265 e. The minimum Gasteiger partial charge on any atom is -0.497 e. The van der Waals surface area contributed by atoms with Crippen LogP contribution in [-0.2, 0) is 16.0 Å². The standard InChI is InChI=1S/C28H30N2O6/c1-3-20-6-4-7-24(16-20)35-18-27(31)29-21-8-13-26-25(17-21)30(28(32)19-36-26)14-5-15-34-23-11-9-22(33-2)10-12-23/h4,6-13,16-17H,3,5,14-15,18-19H2,1-2H3,(H,29,31). The van der Waals surface area contributed by atoms with Gasteiger partial charge in [-0.1, -0.05) is 19.1 Å². The molecule has 0 fully saturated rings. The zero-order chi connectivity index (χ0) is 25.3. The second-order valence-electron chi connectivity index (χ2n) is 8.23. The van der Waals surface area contributed by atoms with E-state index in [0.29, 0.717) is 42.4 Å². The molecule has 0 saturated carbocycles. The van der Waals surface area contributed by atoms with Crippen LogP contribution in [0.2, 0.25) is 0 Å². The van der Waals surface area contributed by atoms with Gasteiger partial charge in [0.2, 0.25) is 0 Å². The van der Waals surface area contributed by atoms with E-state index in [0.717, 1.165) is 23.5 Å². The predicted octanol–water partition coefficient (Wildman–Crippen LogP) is 4.47. The van der Waals surface area contributed by atoms with Crippen molar-refractivity contribution in [2.45, 2.75) is 19.8 Å². The van der Waals surface area contributed by atoms with E-state index < -0.39 is 0 Å². The number of ether oxygens (including phenoxy) is 4. The molecular weight excluding hydrogens is 460 g/mol. The monoisotopic (exact) mass is 490 g/mol. The van der Waals surface area contributed by atoms with Crippen LogP contribution in [0.4, 0.5) is 11.4 Å². The molecule has 1 aliphatic rings. The van der Waals surface area contributed by atoms with Crippen molar-refractivity contribution in [3.05, 3.63) is 72.3 Å². The lowest BCUT2D eigenvalue weighted by Crippen LogP contribution is -2.39. The SMILES string of the molecule is CCc1cccc(OCC(=O)Nc2ccc3c(c2)N(CCCOc2ccc(OC)cc2)C(=O)CO3)c1. The zero-order valence-electron chi connectivity index (χ0n) is 20.5. The largest absolute Gasteiger partial charge is 0.497 e. The number of carbonyl (C=O) groups is 2. The van der Waals surface area contributed by atoms with E-state index in [-0.39, 0.29) is 25.0 Å². The van der Waals surface area contributed by atoms with Crippen LogP contribution in [0.3, 0.4) is 0 Å². The first-order valence-corrected chi connectivity index (χ1v) is 11.9. The van der Waals surface area contributed by atoms with Crippen molar-refractivity contribution >= 4 is 23.2 Å². The summed E-state index contributed by atoms with van der Waals surface area (Å²) in [7, 11) is 1.62. The van der Waals surface area contributed by atoms with Crippen molar-refractivity contribution < 1.29 is 28.5 Å². The zero-order valence-corrected chi connectivity index (χ0v) is 20.5. The maximum atomic E-state index is 12.6. The summed E-state index contributed by atoms with van der Waals surface area (Å²) in [4.78, 5) is 26.7. The number of fused-ring (bicyclic) bond motifs is 1. The summed E-state index contributed by atoms with van der Waals surface area (Å²) < 4.78 is 22.1. The molecule has 0 radical (unpaired) electrons. The van der Waals surface area contributed by atoms with Crippen molar-refractivity contribution in [1.29, 1.82) is 0 Å². The molecule has 8 heteroatoms. The Bertz CT molecular complexity index is 1190. The van der Waals surface area contributed by atoms with Crippen LogP contribution in [0.5, 0.6) is 23.0 Å². The smallest absolute Gasteiger partial charge is 0.265 e. The maximum absolute atomic E-state index is 12.6. The number of carbonyl (C=O) groups excluding carboxylic acids is 2. The molecule has 0 spiro atoms. The summed E-state index contributed by atoms with van der Waals surface area (Å²) in [5.74, 6) is 2.30. The van der Waals surface area contributed by atoms with Crippen LogP contribution < -0.4 is 29.2 Å². The van der Waals surface area contributed by atoms with Crippen molar-refractivity contribution in [3.63, 3.8) is 0 Å². The van der Waals surface area contributed by atoms with Crippen LogP contribution in [-0.4, -0.2) is 45.3 Å². The van der Waals surface area contributed by atoms with Crippen molar-refractivity contribution in [2.75, 3.05) is 43.7 Å². The van der Waals surface area contributed by atoms with Gasteiger partial charge in [0.05, 0.1) is 19.4 Å². The average molecular weight is 491 g/mol. The third kappa shape index (κ3) is 6.47. The molecule has 8 nitrogen and oxygen atoms in total. The molecule has 0 saturated heterocycles. The Kier molecular flexibility index (Phi) is 8.28. The third-order valence-corrected chi connectivity index (χ3v) is 5.72. The van der Waals surface area contributed by atoms with Crippen molar-refractivity contribution in [3.8, 4) is 23.0 Å². The topological polar surface area (TPSA) is 86.3 Å². The van der Waals surface area contributed by atoms with Crippen LogP contribution in [0.1, 0.15) is 18.9 Å². The van der Waals surface area contributed by atoms with E-state index in [4.69, 9.17) is 18.9 Å². The fourth-order valence-electron chi connectivity index (χ4n) is 3.81. The van der Waals surface area contributed by atoms with E-state index in [1.165, 1.54) is 0 Å². The summed E-state index contributed by atoms with van der Waals surface area (Å²) >= 11 is 0. The molecule has 1 N–H and O–H groups in total. The second kappa shape index (κ2) is 12.0. The third-order valence-electron chi connectivity index (χ3n) is 5.72. The number of nitrogens with one attached hydrogen (secondary N) is 1. The number of benzene rings is 3. The first-order valence-electron chi connectivity index (χ1n) is 11.9. The van der Waals surface area contributed by atoms with E-state index in [1.807, 2.05) is 48.5 Å². The highest BCUT2D eigenvalue weighted by molar-refractivity contribution is 5.99. The van der Waals surface area contributed by atoms with Gasteiger partial charge in [-0.2, -0.15) is 0 Å². The molecule has 188 valence electrons. The molecule has 0 unspecified atom stereocenters. The summed E-state index contributed by atoms with van der Waals surface area (Å²) in [6, 6.07) is 20.3. The Morgan fingerprint density at radius 1 is 1.00 bits per heavy atom. The highest BCUT2D eigenvalue weighted by atomic mass is 16.5. The minimum atomic E-state index is -0.292. The minimum absolute atomic E-state index is 0.0251. The van der Waals surface area contributed by atoms with Gasteiger partial charge in [-0.05, 0) is 73.0 Å². The number of amides is 2. The van der Waals surface area contributed by atoms with E-state index in [2.05, 4.69) is 12.2 Å². The molecule has 0 aromatic heterocycles. The van der Waals surface area contributed by atoms with Crippen molar-refractivity contribution in [1.82, 2.24) is 0 Å². The highest BCUT2D eigenvalue weighted by Crippen LogP contribution is 2.34. The Labute approximate surface area is 210 Å². The molecule has 2 amide bonds. The first kappa shape index (κ1) is 24.9. The van der Waals surface area contributed by atoms with Gasteiger partial charge in [0, 0.05) is 12.2 Å². The Hall–Kier alpha value is -4.20. The lowest BCUT2D eigenvalue weighted by Gasteiger charge is -2.30. The normalized spacial score (nSPS) is 12.4. The summed E-state index contributed by atoms with van der Waals surface area (Å²) in [5, 5.41) is 2.83. The van der Waals surface area contributed by atoms with Gasteiger partial charge in [-0.15, -0.1) is 0 Å². The molecule has 4 rings (SSSR count). The van der Waals surface area contributed by atoms with E-state index in [9.17, 15) is 9.59 Å². The number of methoxy groups -OCH3 is 1. The van der Waals surface area contributed by atoms with Crippen LogP contribution >= 0.6 is 0 Å². The quantitative estimate of drug-likeness (QED) is 0.399. The molecule has 0 atom stereocenters. The van der Waals surface area contributed by atoms with Crippen LogP contribution in [0.15, 0.2) is 66.7 Å². The molecule has 0 bridgehead atoms. The fourth-order valence-corrected chi connectivity index (χ4v) is 3.81. The lowest BCUT2D eigenvalue weighted by molar-refractivity contribution is -0.121. The Balaban J connectivity index is 1.33. The van der Waals surface area contributed by atoms with Crippen LogP contribution in [0.25, 0.3) is 0 Å². The number of rotatable bonds is 11. The van der Waals surface area contributed by atoms with E-state index >= 15 is 0 Å². The number of hydrogen-bond donors (Lipinski definition) is 1. The van der Waals surface area contributed by atoms with Crippen molar-refractivity contribution in [2.24, 2.45) is 0 Å².